The van der Waals surface area contributed by atoms with Crippen molar-refractivity contribution in [2.24, 2.45) is 0 Å². The summed E-state index contributed by atoms with van der Waals surface area (Å²) in [5.41, 5.74) is 2.16. The van der Waals surface area contributed by atoms with Crippen LogP contribution in [0.4, 0.5) is 0 Å². The van der Waals surface area contributed by atoms with Crippen LogP contribution >= 0.6 is 11.3 Å². The summed E-state index contributed by atoms with van der Waals surface area (Å²) in [5, 5.41) is 1.16. The maximum absolute atomic E-state index is 12.7. The average molecular weight is 381 g/mol. The van der Waals surface area contributed by atoms with E-state index in [4.69, 9.17) is 9.72 Å². The number of fused-ring (bicyclic) bond motifs is 1. The van der Waals surface area contributed by atoms with E-state index >= 15 is 0 Å². The lowest BCUT2D eigenvalue weighted by molar-refractivity contribution is -0.132. The van der Waals surface area contributed by atoms with Gasteiger partial charge in [0.1, 0.15) is 5.75 Å². The largest absolute Gasteiger partial charge is 0.493 e. The third-order valence-corrected chi connectivity index (χ3v) is 6.30. The van der Waals surface area contributed by atoms with Gasteiger partial charge in [-0.15, -0.1) is 11.3 Å². The molecule has 0 unspecified atom stereocenters. The van der Waals surface area contributed by atoms with Crippen molar-refractivity contribution < 1.29 is 9.53 Å². The molecule has 2 aromatic carbocycles. The van der Waals surface area contributed by atoms with Crippen LogP contribution in [0.2, 0.25) is 0 Å². The monoisotopic (exact) mass is 380 g/mol. The number of carbonyl (C=O) groups is 1. The Bertz CT molecular complexity index is 904. The number of hydrogen-bond donors (Lipinski definition) is 0. The molecule has 0 N–H and O–H groups in total. The highest BCUT2D eigenvalue weighted by Crippen LogP contribution is 2.33. The van der Waals surface area contributed by atoms with Crippen LogP contribution < -0.4 is 4.74 Å². The van der Waals surface area contributed by atoms with Crippen molar-refractivity contribution in [2.75, 3.05) is 19.7 Å². The van der Waals surface area contributed by atoms with Gasteiger partial charge in [-0.2, -0.15) is 0 Å². The lowest BCUT2D eigenvalue weighted by Crippen LogP contribution is -2.39. The minimum atomic E-state index is 0.175. The highest BCUT2D eigenvalue weighted by Gasteiger charge is 2.26. The molecular formula is C22H24N2O2S. The van der Waals surface area contributed by atoms with Crippen LogP contribution in [-0.4, -0.2) is 35.5 Å². The molecule has 0 spiro atoms. The maximum Gasteiger partial charge on any atom is 0.226 e. The van der Waals surface area contributed by atoms with E-state index in [0.29, 0.717) is 18.9 Å². The number of benzene rings is 2. The lowest BCUT2D eigenvalue weighted by atomic mass is 9.98. The number of thiazole rings is 1. The Labute approximate surface area is 163 Å². The third-order valence-electron chi connectivity index (χ3n) is 5.10. The van der Waals surface area contributed by atoms with Gasteiger partial charge in [0.25, 0.3) is 0 Å². The van der Waals surface area contributed by atoms with Crippen molar-refractivity contribution >= 4 is 27.5 Å². The van der Waals surface area contributed by atoms with E-state index in [9.17, 15) is 4.79 Å². The second-order valence-electron chi connectivity index (χ2n) is 7.06. The molecule has 0 aliphatic carbocycles. The molecule has 2 heterocycles. The topological polar surface area (TPSA) is 42.4 Å². The highest BCUT2D eigenvalue weighted by molar-refractivity contribution is 7.18. The molecule has 0 radical (unpaired) electrons. The Balaban J connectivity index is 1.34. The van der Waals surface area contributed by atoms with Crippen molar-refractivity contribution in [2.45, 2.75) is 32.1 Å². The maximum atomic E-state index is 12.7. The van der Waals surface area contributed by atoms with Crippen LogP contribution in [0.1, 0.15) is 35.8 Å². The van der Waals surface area contributed by atoms with Crippen LogP contribution in [0.25, 0.3) is 10.2 Å². The van der Waals surface area contributed by atoms with E-state index in [1.54, 1.807) is 11.3 Å². The second kappa shape index (κ2) is 8.09. The summed E-state index contributed by atoms with van der Waals surface area (Å²) in [6.45, 7) is 4.05. The molecule has 1 fully saturated rings. The van der Waals surface area contributed by atoms with Gasteiger partial charge in [-0.05, 0) is 43.5 Å². The van der Waals surface area contributed by atoms with Crippen LogP contribution in [0.5, 0.6) is 5.75 Å². The minimum Gasteiger partial charge on any atom is -0.493 e. The van der Waals surface area contributed by atoms with Crippen LogP contribution in [0.3, 0.4) is 0 Å². The molecule has 0 saturated carbocycles. The van der Waals surface area contributed by atoms with E-state index in [2.05, 4.69) is 18.2 Å². The zero-order chi connectivity index (χ0) is 18.6. The predicted molar refractivity (Wildman–Crippen MR) is 109 cm³/mol. The predicted octanol–water partition coefficient (Wildman–Crippen LogP) is 4.78. The summed E-state index contributed by atoms with van der Waals surface area (Å²) >= 11 is 1.76. The number of rotatable bonds is 5. The second-order valence-corrected chi connectivity index (χ2v) is 8.12. The average Bonchev–Trinajstić information content (AvgIpc) is 3.14. The number of aryl methyl sites for hydroxylation is 1. The lowest BCUT2D eigenvalue weighted by Gasteiger charge is -2.32. The van der Waals surface area contributed by atoms with Crippen molar-refractivity contribution in [3.63, 3.8) is 0 Å². The first-order valence-electron chi connectivity index (χ1n) is 9.52. The number of nitrogens with zero attached hydrogens (tertiary/aromatic N) is 2. The van der Waals surface area contributed by atoms with Crippen LogP contribution in [-0.2, 0) is 4.79 Å². The summed E-state index contributed by atoms with van der Waals surface area (Å²) in [4.78, 5) is 19.4. The van der Waals surface area contributed by atoms with Crippen molar-refractivity contribution in [1.82, 2.24) is 9.88 Å². The van der Waals surface area contributed by atoms with Gasteiger partial charge in [0.05, 0.1) is 28.3 Å². The summed E-state index contributed by atoms with van der Waals surface area (Å²) in [5.74, 6) is 1.38. The molecular weight excluding hydrogens is 356 g/mol. The Hall–Kier alpha value is -2.40. The molecule has 0 bridgehead atoms. The zero-order valence-electron chi connectivity index (χ0n) is 15.6. The molecule has 4 rings (SSSR count). The first-order valence-corrected chi connectivity index (χ1v) is 10.3. The first-order chi connectivity index (χ1) is 13.2. The fourth-order valence-corrected chi connectivity index (χ4v) is 4.69. The number of amides is 1. The molecule has 4 nitrogen and oxygen atoms in total. The van der Waals surface area contributed by atoms with E-state index in [1.165, 1.54) is 4.70 Å². The normalized spacial score (nSPS) is 17.2. The Morgan fingerprint density at radius 3 is 2.89 bits per heavy atom. The fourth-order valence-electron chi connectivity index (χ4n) is 3.59. The van der Waals surface area contributed by atoms with E-state index in [-0.39, 0.29) is 5.91 Å². The summed E-state index contributed by atoms with van der Waals surface area (Å²) in [6, 6.07) is 16.2. The van der Waals surface area contributed by atoms with Gasteiger partial charge in [-0.3, -0.25) is 4.79 Å². The van der Waals surface area contributed by atoms with Crippen LogP contribution in [0, 0.1) is 6.92 Å². The van der Waals surface area contributed by atoms with Gasteiger partial charge in [-0.25, -0.2) is 4.98 Å². The summed E-state index contributed by atoms with van der Waals surface area (Å²) in [6.07, 6.45) is 2.55. The van der Waals surface area contributed by atoms with Gasteiger partial charge >= 0.3 is 0 Å². The zero-order valence-corrected chi connectivity index (χ0v) is 16.4. The number of hydrogen-bond acceptors (Lipinski definition) is 4. The number of aromatic nitrogens is 1. The molecule has 1 saturated heterocycles. The Morgan fingerprint density at radius 1 is 1.22 bits per heavy atom. The van der Waals surface area contributed by atoms with E-state index in [0.717, 1.165) is 47.8 Å². The van der Waals surface area contributed by atoms with Crippen molar-refractivity contribution in [1.29, 1.82) is 0 Å². The minimum absolute atomic E-state index is 0.175. The van der Waals surface area contributed by atoms with Crippen molar-refractivity contribution in [3.05, 3.63) is 59.1 Å². The van der Waals surface area contributed by atoms with E-state index < -0.39 is 0 Å². The Kier molecular flexibility index (Phi) is 5.39. The van der Waals surface area contributed by atoms with Gasteiger partial charge in [0, 0.05) is 19.0 Å². The third kappa shape index (κ3) is 4.14. The van der Waals surface area contributed by atoms with Gasteiger partial charge < -0.3 is 9.64 Å². The summed E-state index contributed by atoms with van der Waals surface area (Å²) < 4.78 is 7.02. The molecule has 140 valence electrons. The first kappa shape index (κ1) is 18.0. The molecule has 1 amide bonds. The molecule has 1 atom stereocenters. The molecule has 27 heavy (non-hydrogen) atoms. The number of para-hydroxylation sites is 2. The number of likely N-dealkylation sites (tertiary alicyclic amines) is 1. The number of piperidine rings is 1. The van der Waals surface area contributed by atoms with Gasteiger partial charge in [0.2, 0.25) is 5.91 Å². The Morgan fingerprint density at radius 2 is 2.04 bits per heavy atom. The molecule has 1 aliphatic rings. The fraction of sp³-hybridized carbons (Fsp3) is 0.364. The summed E-state index contributed by atoms with van der Waals surface area (Å²) in [7, 11) is 0. The van der Waals surface area contributed by atoms with Gasteiger partial charge in [0.15, 0.2) is 0 Å². The SMILES string of the molecule is Cc1ccccc1OCCC(=O)N1CCC[C@H](c2nc3ccccc3s2)C1. The quantitative estimate of drug-likeness (QED) is 0.640. The molecule has 1 aromatic heterocycles. The van der Waals surface area contributed by atoms with E-state index in [1.807, 2.05) is 42.2 Å². The number of carbonyl (C=O) groups excluding carboxylic acids is 1. The molecule has 5 heteroatoms. The standard InChI is InChI=1S/C22H24N2O2S/c1-16-7-2-4-10-19(16)26-14-12-21(25)24-13-6-8-17(15-24)22-23-18-9-3-5-11-20(18)27-22/h2-5,7,9-11,17H,6,8,12-15H2,1H3/t17-/m0/s1. The molecule has 3 aromatic rings. The number of ether oxygens (including phenoxy) is 1. The van der Waals surface area contributed by atoms with Crippen LogP contribution in [0.15, 0.2) is 48.5 Å². The molecule has 1 aliphatic heterocycles. The highest BCUT2D eigenvalue weighted by atomic mass is 32.1. The van der Waals surface area contributed by atoms with Crippen molar-refractivity contribution in [3.8, 4) is 5.75 Å². The smallest absolute Gasteiger partial charge is 0.226 e. The van der Waals surface area contributed by atoms with Gasteiger partial charge in [-0.1, -0.05) is 30.3 Å².